The summed E-state index contributed by atoms with van der Waals surface area (Å²) >= 11 is -3.10. The van der Waals surface area contributed by atoms with Gasteiger partial charge in [0.15, 0.2) is 0 Å². The van der Waals surface area contributed by atoms with Gasteiger partial charge in [-0.3, -0.25) is 0 Å². The Balaban J connectivity index is 1.79. The molecule has 0 fully saturated rings. The van der Waals surface area contributed by atoms with Crippen LogP contribution in [0.4, 0.5) is 25.8 Å². The molecule has 5 N–H and O–H groups in total. The topological polar surface area (TPSA) is 156 Å². The lowest BCUT2D eigenvalue weighted by atomic mass is 9.96. The summed E-state index contributed by atoms with van der Waals surface area (Å²) in [6.45, 7) is 10.9. The van der Waals surface area contributed by atoms with Crippen LogP contribution in [0, 0.1) is 34.3 Å². The zero-order valence-corrected chi connectivity index (χ0v) is 29.2. The minimum Gasteiger partial charge on any atom is -0.598 e. The fraction of sp³-hybridized carbons (Fsp3) is 0.278. The molecule has 4 rings (SSSR count). The fourth-order valence-electron chi connectivity index (χ4n) is 4.68. The average Bonchev–Trinajstić information content (AvgIpc) is 3.03. The van der Waals surface area contributed by atoms with Crippen LogP contribution < -0.4 is 20.5 Å². The maximum atomic E-state index is 15.4. The molecule has 48 heavy (non-hydrogen) atoms. The van der Waals surface area contributed by atoms with Crippen molar-refractivity contribution >= 4 is 39.8 Å². The molecule has 0 bridgehead atoms. The van der Waals surface area contributed by atoms with Gasteiger partial charge in [-0.2, -0.15) is 10.5 Å². The van der Waals surface area contributed by atoms with Crippen molar-refractivity contribution < 1.29 is 17.9 Å². The Morgan fingerprint density at radius 1 is 0.667 bits per heavy atom. The van der Waals surface area contributed by atoms with E-state index in [-0.39, 0.29) is 16.9 Å². The van der Waals surface area contributed by atoms with Gasteiger partial charge in [-0.05, 0) is 118 Å². The van der Waals surface area contributed by atoms with E-state index in [1.54, 1.807) is 75.4 Å². The fourth-order valence-corrected chi connectivity index (χ4v) is 6.36. The Labute approximate surface area is 287 Å². The van der Waals surface area contributed by atoms with Crippen molar-refractivity contribution in [2.75, 3.05) is 11.1 Å². The van der Waals surface area contributed by atoms with Crippen LogP contribution in [0.2, 0.25) is 0 Å². The number of hydrogen-bond acceptors (Lipinski definition) is 8. The smallest absolute Gasteiger partial charge is 0.146 e. The molecule has 8 nitrogen and oxygen atoms in total. The molecule has 0 amide bonds. The molecule has 0 aliphatic rings. The highest BCUT2D eigenvalue weighted by Gasteiger charge is 2.32. The Morgan fingerprint density at radius 2 is 1.19 bits per heavy atom. The Morgan fingerprint density at radius 3 is 1.75 bits per heavy atom. The summed E-state index contributed by atoms with van der Waals surface area (Å²) in [6.07, 6.45) is 0. The number of nitrogens with two attached hydrogens (primary N) is 1. The number of nitriles is 2. The maximum Gasteiger partial charge on any atom is 0.146 e. The zero-order chi connectivity index (χ0) is 35.4. The monoisotopic (exact) mass is 688 g/mol. The van der Waals surface area contributed by atoms with E-state index in [1.807, 2.05) is 20.8 Å². The molecule has 12 heteroatoms. The van der Waals surface area contributed by atoms with E-state index in [2.05, 4.69) is 26.9 Å². The first-order valence-electron chi connectivity index (χ1n) is 15.0. The number of hydrogen-bond donors (Lipinski definition) is 4. The lowest BCUT2D eigenvalue weighted by Gasteiger charge is -2.29. The van der Waals surface area contributed by atoms with Crippen LogP contribution >= 0.6 is 0 Å². The van der Waals surface area contributed by atoms with Gasteiger partial charge in [0, 0.05) is 28.4 Å². The highest BCUT2D eigenvalue weighted by molar-refractivity contribution is 7.91. The second kappa shape index (κ2) is 15.0. The summed E-state index contributed by atoms with van der Waals surface area (Å²) < 4.78 is 61.0. The molecule has 4 aromatic carbocycles. The number of nitrogen functional groups attached to an aromatic ring is 1. The molecule has 4 atom stereocenters. The highest BCUT2D eigenvalue weighted by atomic mass is 32.2. The van der Waals surface area contributed by atoms with Crippen molar-refractivity contribution in [1.82, 2.24) is 9.44 Å². The molecule has 0 aliphatic carbocycles. The van der Waals surface area contributed by atoms with Crippen molar-refractivity contribution in [1.29, 1.82) is 10.5 Å². The Kier molecular flexibility index (Phi) is 11.4. The van der Waals surface area contributed by atoms with Crippen molar-refractivity contribution in [3.05, 3.63) is 124 Å². The molecular weight excluding hydrogens is 651 g/mol. The molecule has 0 spiro atoms. The number of anilines is 3. The van der Waals surface area contributed by atoms with E-state index in [0.717, 1.165) is 0 Å². The summed E-state index contributed by atoms with van der Waals surface area (Å²) in [4.78, 5) is 0. The van der Waals surface area contributed by atoms with Gasteiger partial charge in [0.1, 0.15) is 33.2 Å². The third-order valence-corrected chi connectivity index (χ3v) is 10.4. The summed E-state index contributed by atoms with van der Waals surface area (Å²) in [5.41, 5.74) is 9.14. The number of benzene rings is 4. The van der Waals surface area contributed by atoms with Gasteiger partial charge in [-0.25, -0.2) is 8.78 Å². The molecule has 0 heterocycles. The van der Waals surface area contributed by atoms with E-state index in [9.17, 15) is 24.0 Å². The van der Waals surface area contributed by atoms with E-state index in [0.29, 0.717) is 33.5 Å². The number of rotatable bonds is 10. The molecule has 0 aromatic heterocycles. The van der Waals surface area contributed by atoms with Gasteiger partial charge in [-0.1, -0.05) is 24.3 Å². The second-order valence-corrected chi connectivity index (χ2v) is 17.2. The lowest BCUT2D eigenvalue weighted by Crippen LogP contribution is -2.41. The quantitative estimate of drug-likeness (QED) is 0.0998. The summed E-state index contributed by atoms with van der Waals surface area (Å²) in [5, 5.41) is 22.5. The van der Waals surface area contributed by atoms with Crippen LogP contribution in [0.25, 0.3) is 0 Å². The Bertz CT molecular complexity index is 1860. The van der Waals surface area contributed by atoms with Gasteiger partial charge >= 0.3 is 0 Å². The predicted molar refractivity (Wildman–Crippen MR) is 189 cm³/mol. The van der Waals surface area contributed by atoms with Gasteiger partial charge in [-0.15, -0.1) is 9.44 Å². The minimum atomic E-state index is -1.58. The molecule has 2 unspecified atom stereocenters. The van der Waals surface area contributed by atoms with Gasteiger partial charge in [0.25, 0.3) is 0 Å². The zero-order valence-electron chi connectivity index (χ0n) is 27.5. The molecule has 0 aliphatic heterocycles. The molecule has 0 radical (unpaired) electrons. The first-order valence-corrected chi connectivity index (χ1v) is 17.3. The summed E-state index contributed by atoms with van der Waals surface area (Å²) in [5.74, 6) is -1.18. The van der Waals surface area contributed by atoms with Gasteiger partial charge in [0.2, 0.25) is 0 Å². The summed E-state index contributed by atoms with van der Waals surface area (Å²) in [7, 11) is 0. The van der Waals surface area contributed by atoms with Crippen LogP contribution in [0.15, 0.2) is 78.9 Å². The van der Waals surface area contributed by atoms with Crippen LogP contribution in [0.5, 0.6) is 0 Å². The van der Waals surface area contributed by atoms with Gasteiger partial charge in [0.05, 0.1) is 34.6 Å². The molecule has 0 saturated heterocycles. The van der Waals surface area contributed by atoms with Crippen molar-refractivity contribution in [2.24, 2.45) is 0 Å². The van der Waals surface area contributed by atoms with Gasteiger partial charge < -0.3 is 20.2 Å². The van der Waals surface area contributed by atoms with Crippen LogP contribution in [-0.4, -0.2) is 18.6 Å². The molecule has 4 aromatic rings. The van der Waals surface area contributed by atoms with E-state index < -0.39 is 55.9 Å². The standard InChI is InChI=1S/C36H38F2N6O2S2/c1-35(2,3)47(45)43-33(24-9-7-8-22(14-24)20-39)26-11-13-30(38)32(19-26)42-28-16-23(21-40)15-27(17-28)34(44-48(46)36(4,5)6)25-10-12-29(37)31(41)18-25/h7-19,33-34,42-44H,41H2,1-6H3/t33-,34-,47?,48?/m0/s1. The van der Waals surface area contributed by atoms with Crippen LogP contribution in [-0.2, 0) is 22.7 Å². The largest absolute Gasteiger partial charge is 0.598 e. The maximum absolute atomic E-state index is 15.4. The first-order chi connectivity index (χ1) is 22.5. The first kappa shape index (κ1) is 36.7. The van der Waals surface area contributed by atoms with Crippen LogP contribution in [0.1, 0.15) is 87.0 Å². The SMILES string of the molecule is CC(C)(C)[S+]([O-])N[C@H](c1cc(C#N)cc(Nc2cc([C@@H](N[S+]([O-])C(C)(C)C)c3cccc(C#N)c3)ccc2F)c1)c1ccc(F)c(N)c1. The van der Waals surface area contributed by atoms with Crippen molar-refractivity contribution in [3.63, 3.8) is 0 Å². The van der Waals surface area contributed by atoms with E-state index in [4.69, 9.17) is 5.73 Å². The number of nitrogens with zero attached hydrogens (tertiary/aromatic N) is 2. The lowest BCUT2D eigenvalue weighted by molar-refractivity contribution is 0.535. The minimum absolute atomic E-state index is 0.0760. The summed E-state index contributed by atoms with van der Waals surface area (Å²) in [6, 6.07) is 23.2. The van der Waals surface area contributed by atoms with E-state index in [1.165, 1.54) is 24.3 Å². The van der Waals surface area contributed by atoms with Crippen LogP contribution in [0.3, 0.4) is 0 Å². The number of halogens is 2. The van der Waals surface area contributed by atoms with Crippen molar-refractivity contribution in [3.8, 4) is 12.1 Å². The highest BCUT2D eigenvalue weighted by Crippen LogP contribution is 2.34. The third-order valence-electron chi connectivity index (χ3n) is 7.29. The normalized spacial score (nSPS) is 14.3. The Hall–Kier alpha value is -4.14. The molecule has 0 saturated carbocycles. The third kappa shape index (κ3) is 9.05. The average molecular weight is 689 g/mol. The predicted octanol–water partition coefficient (Wildman–Crippen LogP) is 7.32. The van der Waals surface area contributed by atoms with E-state index >= 15 is 4.39 Å². The van der Waals surface area contributed by atoms with Crippen molar-refractivity contribution in [2.45, 2.75) is 63.1 Å². The number of nitrogens with one attached hydrogen (secondary N) is 3. The molecular formula is C36H38F2N6O2S2. The second-order valence-electron chi connectivity index (χ2n) is 13.2. The molecule has 250 valence electrons.